The molecule has 0 bridgehead atoms. The molecule has 29 heavy (non-hydrogen) atoms. The summed E-state index contributed by atoms with van der Waals surface area (Å²) in [4.78, 5) is 12.5. The van der Waals surface area contributed by atoms with Crippen molar-refractivity contribution in [3.63, 3.8) is 0 Å². The van der Waals surface area contributed by atoms with Gasteiger partial charge in [-0.2, -0.15) is 13.2 Å². The molecule has 1 aliphatic heterocycles. The molecule has 3 rings (SSSR count). The van der Waals surface area contributed by atoms with Crippen molar-refractivity contribution >= 4 is 11.8 Å². The van der Waals surface area contributed by atoms with Gasteiger partial charge in [0.15, 0.2) is 11.7 Å². The Hall–Kier alpha value is -1.74. The lowest BCUT2D eigenvalue weighted by molar-refractivity contribution is -0.201. The summed E-state index contributed by atoms with van der Waals surface area (Å²) in [5, 5.41) is 6.70. The van der Waals surface area contributed by atoms with Crippen molar-refractivity contribution in [3.8, 4) is 0 Å². The third kappa shape index (κ3) is 6.12. The maximum Gasteiger partial charge on any atom is 0.389 e. The van der Waals surface area contributed by atoms with Crippen LogP contribution in [0.15, 0.2) is 10.6 Å². The quantitative estimate of drug-likeness (QED) is 0.447. The molecule has 162 valence electrons. The molecule has 0 radical (unpaired) electrons. The predicted octanol–water partition coefficient (Wildman–Crippen LogP) is 5.11. The third-order valence-corrected chi connectivity index (χ3v) is 5.32. The summed E-state index contributed by atoms with van der Waals surface area (Å²) in [5.41, 5.74) is -0.843. The first kappa shape index (κ1) is 22.0. The topological polar surface area (TPSA) is 73.6 Å². The van der Waals surface area contributed by atoms with E-state index < -0.39 is 23.6 Å². The highest BCUT2D eigenvalue weighted by Gasteiger charge is 2.50. The minimum Gasteiger partial charge on any atom is -0.353 e. The molecule has 2 fully saturated rings. The van der Waals surface area contributed by atoms with Gasteiger partial charge in [0.25, 0.3) is 5.91 Å². The normalized spacial score (nSPS) is 21.6. The summed E-state index contributed by atoms with van der Waals surface area (Å²) in [6.45, 7) is 3.99. The lowest BCUT2D eigenvalue weighted by atomic mass is 9.86. The highest BCUT2D eigenvalue weighted by Crippen LogP contribution is 2.50. The maximum absolute atomic E-state index is 12.5. The Kier molecular flexibility index (Phi) is 6.48. The average Bonchev–Trinajstić information content (AvgIpc) is 3.27. The van der Waals surface area contributed by atoms with Crippen LogP contribution in [-0.4, -0.2) is 30.1 Å². The van der Waals surface area contributed by atoms with Crippen LogP contribution >= 0.6 is 0 Å². The second-order valence-corrected chi connectivity index (χ2v) is 8.37. The van der Waals surface area contributed by atoms with Crippen LogP contribution in [0.4, 0.5) is 19.1 Å². The van der Waals surface area contributed by atoms with Gasteiger partial charge in [-0.25, -0.2) is 0 Å². The molecule has 2 heterocycles. The van der Waals surface area contributed by atoms with Gasteiger partial charge in [-0.1, -0.05) is 5.16 Å². The largest absolute Gasteiger partial charge is 0.389 e. The molecule has 6 nitrogen and oxygen atoms in total. The van der Waals surface area contributed by atoms with Crippen LogP contribution in [0.2, 0.25) is 0 Å². The molecular formula is C20H28F3N2O4+. The molecular weight excluding hydrogens is 389 g/mol. The number of carbonyl (C=O) groups is 1. The van der Waals surface area contributed by atoms with Crippen LogP contribution in [-0.2, 0) is 19.9 Å². The van der Waals surface area contributed by atoms with E-state index in [1.807, 2.05) is 0 Å². The summed E-state index contributed by atoms with van der Waals surface area (Å²) in [7, 11) is 0. The zero-order valence-electron chi connectivity index (χ0n) is 16.8. The number of ether oxygens (including phenoxy) is 2. The van der Waals surface area contributed by atoms with Gasteiger partial charge in [-0.15, -0.1) is 0 Å². The van der Waals surface area contributed by atoms with Gasteiger partial charge in [0, 0.05) is 19.1 Å². The number of halogens is 3. The fourth-order valence-electron chi connectivity index (χ4n) is 3.28. The predicted molar refractivity (Wildman–Crippen MR) is 98.7 cm³/mol. The van der Waals surface area contributed by atoms with Gasteiger partial charge in [0.1, 0.15) is 11.3 Å². The molecule has 1 saturated carbocycles. The van der Waals surface area contributed by atoms with Crippen LogP contribution in [0, 0.1) is 11.8 Å². The van der Waals surface area contributed by atoms with Crippen molar-refractivity contribution < 1.29 is 32.0 Å². The first-order valence-corrected chi connectivity index (χ1v) is 10.1. The summed E-state index contributed by atoms with van der Waals surface area (Å²) in [5.74, 6) is -0.171. The molecule has 1 unspecified atom stereocenters. The Morgan fingerprint density at radius 3 is 2.76 bits per heavy atom. The van der Waals surface area contributed by atoms with Crippen molar-refractivity contribution in [1.82, 2.24) is 5.16 Å². The monoisotopic (exact) mass is 417 g/mol. The first-order chi connectivity index (χ1) is 13.6. The number of unbranched alkanes of at least 4 members (excludes halogenated alkanes) is 1. The van der Waals surface area contributed by atoms with Crippen molar-refractivity contribution in [2.45, 2.75) is 83.3 Å². The molecule has 2 aliphatic rings. The molecule has 1 aromatic heterocycles. The number of nitrogens with zero attached hydrogens (tertiary/aromatic N) is 1. The number of amides is 1. The summed E-state index contributed by atoms with van der Waals surface area (Å²) in [6.07, 6.45) is 1.03. The maximum atomic E-state index is 12.5. The number of hydrogen-bond donors (Lipinski definition) is 1. The molecule has 1 atom stereocenters. The number of nitrogens with one attached hydrogen (secondary N) is 1. The molecule has 1 aliphatic carbocycles. The zero-order valence-corrected chi connectivity index (χ0v) is 16.8. The van der Waals surface area contributed by atoms with Gasteiger partial charge in [-0.3, -0.25) is 10.1 Å². The lowest BCUT2D eigenvalue weighted by Gasteiger charge is -2.26. The molecule has 0 spiro atoms. The van der Waals surface area contributed by atoms with Crippen molar-refractivity contribution in [2.24, 2.45) is 5.41 Å². The Morgan fingerprint density at radius 1 is 1.38 bits per heavy atom. The first-order valence-electron chi connectivity index (χ1n) is 10.1. The summed E-state index contributed by atoms with van der Waals surface area (Å²) < 4.78 is 53.7. The third-order valence-electron chi connectivity index (χ3n) is 5.32. The van der Waals surface area contributed by atoms with Crippen LogP contribution in [0.25, 0.3) is 0 Å². The average molecular weight is 417 g/mol. The van der Waals surface area contributed by atoms with E-state index in [0.29, 0.717) is 12.3 Å². The fraction of sp³-hybridized carbons (Fsp3) is 0.750. The number of anilines is 1. The van der Waals surface area contributed by atoms with Crippen LogP contribution < -0.4 is 5.32 Å². The van der Waals surface area contributed by atoms with Crippen molar-refractivity contribution in [2.75, 3.05) is 11.9 Å². The van der Waals surface area contributed by atoms with E-state index in [9.17, 15) is 18.0 Å². The highest BCUT2D eigenvalue weighted by molar-refractivity contribution is 5.94. The Morgan fingerprint density at radius 2 is 2.14 bits per heavy atom. The minimum atomic E-state index is -4.18. The van der Waals surface area contributed by atoms with E-state index in [2.05, 4.69) is 10.5 Å². The summed E-state index contributed by atoms with van der Waals surface area (Å²) >= 11 is 0. The van der Waals surface area contributed by atoms with E-state index in [0.717, 1.165) is 32.1 Å². The standard InChI is InChI=1S/C20H27F3N2O4/c1-18(2,8-4-5-9-20(21,22)23)17(26)24-15-13-14(25-29-15)19(10-11-19)28-16-7-3-6-12-27-16/h8,13,16H,3-7,9-12H2,1-2H3/p+1. The number of alkyl halides is 3. The number of rotatable bonds is 9. The molecule has 9 heteroatoms. The van der Waals surface area contributed by atoms with Gasteiger partial charge in [0.2, 0.25) is 5.88 Å². The van der Waals surface area contributed by atoms with Gasteiger partial charge >= 0.3 is 6.18 Å². The Bertz CT molecular complexity index is 692. The lowest BCUT2D eigenvalue weighted by Crippen LogP contribution is -2.31. The zero-order chi connectivity index (χ0) is 21.1. The number of aromatic nitrogens is 1. The molecule has 1 saturated heterocycles. The summed E-state index contributed by atoms with van der Waals surface area (Å²) in [6, 6.07) is 1.65. The van der Waals surface area contributed by atoms with Gasteiger partial charge < -0.3 is 14.0 Å². The van der Waals surface area contributed by atoms with Crippen LogP contribution in [0.1, 0.15) is 70.9 Å². The smallest absolute Gasteiger partial charge is 0.353 e. The number of carbonyl (C=O) groups excluding carboxylic acids is 1. The molecule has 1 aromatic rings. The van der Waals surface area contributed by atoms with Crippen molar-refractivity contribution in [3.05, 3.63) is 18.2 Å². The van der Waals surface area contributed by atoms with Gasteiger partial charge in [-0.05, 0) is 52.4 Å². The van der Waals surface area contributed by atoms with E-state index in [-0.39, 0.29) is 30.9 Å². The van der Waals surface area contributed by atoms with E-state index >= 15 is 0 Å². The van der Waals surface area contributed by atoms with E-state index in [4.69, 9.17) is 14.0 Å². The van der Waals surface area contributed by atoms with Crippen LogP contribution in [0.3, 0.4) is 0 Å². The second-order valence-electron chi connectivity index (χ2n) is 8.37. The molecule has 0 aromatic carbocycles. The molecule has 1 N–H and O–H groups in total. The van der Waals surface area contributed by atoms with Crippen LogP contribution in [0.5, 0.6) is 0 Å². The van der Waals surface area contributed by atoms with Gasteiger partial charge in [0.05, 0.1) is 12.8 Å². The Labute approximate surface area is 168 Å². The highest BCUT2D eigenvalue weighted by atomic mass is 19.4. The number of hydrogen-bond acceptors (Lipinski definition) is 5. The van der Waals surface area contributed by atoms with Crippen molar-refractivity contribution in [1.29, 1.82) is 0 Å². The molecule has 1 amide bonds. The fourth-order valence-corrected chi connectivity index (χ4v) is 3.28. The second kappa shape index (κ2) is 8.55. The van der Waals surface area contributed by atoms with E-state index in [1.165, 1.54) is 0 Å². The SMILES string of the molecule is CC(C)([CH+]CCCC(F)(F)F)C(=O)Nc1cc(C2(OC3CCCCO3)CC2)no1. The van der Waals surface area contributed by atoms with E-state index in [1.54, 1.807) is 26.3 Å². The Balaban J connectivity index is 1.50. The minimum absolute atomic E-state index is 0.0459.